The Bertz CT molecular complexity index is 440. The summed E-state index contributed by atoms with van der Waals surface area (Å²) in [5.41, 5.74) is 0. The zero-order valence-corrected chi connectivity index (χ0v) is 11.0. The van der Waals surface area contributed by atoms with Crippen LogP contribution in [0.5, 0.6) is 11.8 Å². The third-order valence-corrected chi connectivity index (χ3v) is 2.90. The van der Waals surface area contributed by atoms with Crippen molar-refractivity contribution in [3.05, 3.63) is 6.07 Å². The molecule has 7 nitrogen and oxygen atoms in total. The maximum absolute atomic E-state index is 10.7. The van der Waals surface area contributed by atoms with Gasteiger partial charge < -0.3 is 19.5 Å². The summed E-state index contributed by atoms with van der Waals surface area (Å²) in [5.74, 6) is 0.436. The Balaban J connectivity index is 2.22. The molecule has 1 aliphatic rings. The van der Waals surface area contributed by atoms with Crippen molar-refractivity contribution in [3.8, 4) is 11.8 Å². The number of ether oxygens (including phenoxy) is 2. The zero-order valence-electron chi connectivity index (χ0n) is 11.0. The topological polar surface area (TPSA) is 84.8 Å². The molecule has 0 radical (unpaired) electrons. The number of methoxy groups -OCH3 is 2. The van der Waals surface area contributed by atoms with Crippen molar-refractivity contribution in [2.75, 3.05) is 25.7 Å². The number of anilines is 1. The summed E-state index contributed by atoms with van der Waals surface area (Å²) in [6.45, 7) is 0.385. The predicted molar refractivity (Wildman–Crippen MR) is 67.8 cm³/mol. The number of carbonyl (C=O) groups is 1. The predicted octanol–water partition coefficient (Wildman–Crippen LogP) is 0.937. The molecule has 1 aliphatic carbocycles. The fourth-order valence-electron chi connectivity index (χ4n) is 1.78. The number of aliphatic carboxylic acids is 1. The lowest BCUT2D eigenvalue weighted by Crippen LogP contribution is -2.30. The number of hydrogen-bond acceptors (Lipinski definition) is 6. The first-order valence-corrected chi connectivity index (χ1v) is 6.09. The van der Waals surface area contributed by atoms with Gasteiger partial charge in [-0.15, -0.1) is 0 Å². The van der Waals surface area contributed by atoms with Crippen LogP contribution in [0.4, 0.5) is 5.95 Å². The van der Waals surface area contributed by atoms with E-state index in [4.69, 9.17) is 14.6 Å². The molecule has 0 spiro atoms. The molecule has 1 aromatic rings. The molecule has 1 saturated carbocycles. The van der Waals surface area contributed by atoms with Crippen molar-refractivity contribution in [2.24, 2.45) is 0 Å². The lowest BCUT2D eigenvalue weighted by Gasteiger charge is -2.22. The van der Waals surface area contributed by atoms with Crippen LogP contribution in [0.15, 0.2) is 6.07 Å². The quantitative estimate of drug-likeness (QED) is 0.786. The van der Waals surface area contributed by atoms with Crippen LogP contribution in [0, 0.1) is 0 Å². The molecule has 0 bridgehead atoms. The van der Waals surface area contributed by atoms with E-state index in [0.717, 1.165) is 12.8 Å². The van der Waals surface area contributed by atoms with Gasteiger partial charge in [-0.05, 0) is 12.8 Å². The summed E-state index contributed by atoms with van der Waals surface area (Å²) in [6.07, 6.45) is 2.12. The molecule has 104 valence electrons. The van der Waals surface area contributed by atoms with E-state index in [1.807, 2.05) is 4.90 Å². The maximum atomic E-state index is 10.7. The van der Waals surface area contributed by atoms with Gasteiger partial charge in [0, 0.05) is 12.6 Å². The van der Waals surface area contributed by atoms with Crippen LogP contribution in [-0.4, -0.2) is 47.8 Å². The van der Waals surface area contributed by atoms with Gasteiger partial charge in [0.05, 0.1) is 26.7 Å². The van der Waals surface area contributed by atoms with Gasteiger partial charge in [-0.2, -0.15) is 9.97 Å². The van der Waals surface area contributed by atoms with Crippen molar-refractivity contribution < 1.29 is 19.4 Å². The van der Waals surface area contributed by atoms with E-state index in [1.165, 1.54) is 14.2 Å². The van der Waals surface area contributed by atoms with E-state index >= 15 is 0 Å². The maximum Gasteiger partial charge on any atom is 0.305 e. The summed E-state index contributed by atoms with van der Waals surface area (Å²) in [7, 11) is 3.04. The summed E-state index contributed by atoms with van der Waals surface area (Å²) in [6, 6.07) is 1.90. The first kappa shape index (κ1) is 13.4. The van der Waals surface area contributed by atoms with Gasteiger partial charge in [0.2, 0.25) is 17.7 Å². The van der Waals surface area contributed by atoms with Gasteiger partial charge in [0.1, 0.15) is 0 Å². The average Bonchev–Trinajstić information content (AvgIpc) is 3.22. The second kappa shape index (κ2) is 5.73. The Hall–Kier alpha value is -2.05. The molecule has 19 heavy (non-hydrogen) atoms. The van der Waals surface area contributed by atoms with E-state index in [-0.39, 0.29) is 6.42 Å². The second-order valence-electron chi connectivity index (χ2n) is 4.32. The minimum absolute atomic E-state index is 0.0549. The Labute approximate surface area is 111 Å². The average molecular weight is 267 g/mol. The molecule has 0 aliphatic heterocycles. The van der Waals surface area contributed by atoms with Crippen LogP contribution in [0.25, 0.3) is 0 Å². The van der Waals surface area contributed by atoms with Gasteiger partial charge in [0.15, 0.2) is 0 Å². The highest BCUT2D eigenvalue weighted by Crippen LogP contribution is 2.31. The van der Waals surface area contributed by atoms with Gasteiger partial charge in [-0.3, -0.25) is 4.79 Å². The first-order valence-electron chi connectivity index (χ1n) is 6.09. The van der Waals surface area contributed by atoms with Crippen LogP contribution < -0.4 is 14.4 Å². The number of aromatic nitrogens is 2. The van der Waals surface area contributed by atoms with Crippen LogP contribution in [0.1, 0.15) is 19.3 Å². The third-order valence-electron chi connectivity index (χ3n) is 2.90. The minimum atomic E-state index is -0.833. The Morgan fingerprint density at radius 3 is 2.37 bits per heavy atom. The van der Waals surface area contributed by atoms with Gasteiger partial charge in [-0.1, -0.05) is 0 Å². The molecule has 1 aromatic heterocycles. The van der Waals surface area contributed by atoms with Crippen molar-refractivity contribution >= 4 is 11.9 Å². The van der Waals surface area contributed by atoms with E-state index in [0.29, 0.717) is 30.3 Å². The zero-order chi connectivity index (χ0) is 13.8. The number of nitrogens with zero attached hydrogens (tertiary/aromatic N) is 3. The fraction of sp³-hybridized carbons (Fsp3) is 0.583. The van der Waals surface area contributed by atoms with E-state index in [2.05, 4.69) is 9.97 Å². The molecule has 7 heteroatoms. The number of carboxylic acid groups (broad SMARTS) is 1. The highest BCUT2D eigenvalue weighted by Gasteiger charge is 2.31. The smallest absolute Gasteiger partial charge is 0.305 e. The van der Waals surface area contributed by atoms with Gasteiger partial charge >= 0.3 is 5.97 Å². The highest BCUT2D eigenvalue weighted by atomic mass is 16.5. The minimum Gasteiger partial charge on any atom is -0.481 e. The third kappa shape index (κ3) is 3.46. The fourth-order valence-corrected chi connectivity index (χ4v) is 1.78. The van der Waals surface area contributed by atoms with Crippen molar-refractivity contribution in [1.29, 1.82) is 0 Å². The van der Waals surface area contributed by atoms with E-state index < -0.39 is 5.97 Å². The molecule has 0 atom stereocenters. The second-order valence-corrected chi connectivity index (χ2v) is 4.32. The molecular formula is C12H17N3O4. The Morgan fingerprint density at radius 2 is 1.95 bits per heavy atom. The van der Waals surface area contributed by atoms with Crippen molar-refractivity contribution in [2.45, 2.75) is 25.3 Å². The lowest BCUT2D eigenvalue weighted by atomic mass is 10.4. The van der Waals surface area contributed by atoms with Crippen molar-refractivity contribution in [1.82, 2.24) is 9.97 Å². The number of rotatable bonds is 7. The molecule has 1 N–H and O–H groups in total. The summed E-state index contributed by atoms with van der Waals surface area (Å²) >= 11 is 0. The van der Waals surface area contributed by atoms with Crippen LogP contribution >= 0.6 is 0 Å². The molecule has 0 aromatic carbocycles. The Kier molecular flexibility index (Phi) is 4.03. The Morgan fingerprint density at radius 1 is 1.37 bits per heavy atom. The monoisotopic (exact) mass is 267 g/mol. The summed E-state index contributed by atoms with van der Waals surface area (Å²) in [4.78, 5) is 21.1. The molecular weight excluding hydrogens is 250 g/mol. The highest BCUT2D eigenvalue weighted by molar-refractivity contribution is 5.67. The molecule has 0 unspecified atom stereocenters. The van der Waals surface area contributed by atoms with Crippen molar-refractivity contribution in [3.63, 3.8) is 0 Å². The van der Waals surface area contributed by atoms with Crippen LogP contribution in [0.3, 0.4) is 0 Å². The van der Waals surface area contributed by atoms with Gasteiger partial charge in [0.25, 0.3) is 0 Å². The van der Waals surface area contributed by atoms with Crippen LogP contribution in [0.2, 0.25) is 0 Å². The van der Waals surface area contributed by atoms with Crippen LogP contribution in [-0.2, 0) is 4.79 Å². The molecule has 0 saturated heterocycles. The van der Waals surface area contributed by atoms with Gasteiger partial charge in [-0.25, -0.2) is 0 Å². The molecule has 2 rings (SSSR count). The number of carboxylic acids is 1. The van der Waals surface area contributed by atoms with E-state index in [1.54, 1.807) is 6.07 Å². The molecule has 1 fully saturated rings. The molecule has 1 heterocycles. The first-order chi connectivity index (χ1) is 9.13. The SMILES string of the molecule is COc1cc(OC)nc(N(CCC(=O)O)C2CC2)n1. The summed E-state index contributed by atoms with van der Waals surface area (Å²) < 4.78 is 10.2. The summed E-state index contributed by atoms with van der Waals surface area (Å²) in [5, 5.41) is 8.80. The standard InChI is InChI=1S/C12H17N3O4/c1-18-9-7-10(19-2)14-12(13-9)15(8-3-4-8)6-5-11(16)17/h7-8H,3-6H2,1-2H3,(H,16,17). The normalized spacial score (nSPS) is 14.0. The largest absolute Gasteiger partial charge is 0.481 e. The van der Waals surface area contributed by atoms with E-state index in [9.17, 15) is 4.79 Å². The molecule has 0 amide bonds. The number of hydrogen-bond donors (Lipinski definition) is 1. The lowest BCUT2D eigenvalue weighted by molar-refractivity contribution is -0.136.